The maximum atomic E-state index is 12.5. The number of hydrogen-bond donors (Lipinski definition) is 1. The normalized spacial score (nSPS) is 11.7. The lowest BCUT2D eigenvalue weighted by Gasteiger charge is -2.12. The van der Waals surface area contributed by atoms with Crippen molar-refractivity contribution in [2.24, 2.45) is 5.92 Å². The summed E-state index contributed by atoms with van der Waals surface area (Å²) in [6.45, 7) is 8.82. The summed E-state index contributed by atoms with van der Waals surface area (Å²) >= 11 is 0. The van der Waals surface area contributed by atoms with Gasteiger partial charge in [0.1, 0.15) is 29.6 Å². The first-order valence-electron chi connectivity index (χ1n) is 9.91. The molecule has 31 heavy (non-hydrogen) atoms. The quantitative estimate of drug-likeness (QED) is 0.277. The molecule has 3 aromatic rings. The summed E-state index contributed by atoms with van der Waals surface area (Å²) < 4.78 is 12.5. The van der Waals surface area contributed by atoms with Crippen molar-refractivity contribution in [3.63, 3.8) is 0 Å². The Balaban J connectivity index is 1.84. The Kier molecular flexibility index (Phi) is 6.30. The Bertz CT molecular complexity index is 1270. The smallest absolute Gasteiger partial charge is 0.349 e. The van der Waals surface area contributed by atoms with Crippen LogP contribution in [0, 0.1) is 31.1 Å². The zero-order valence-corrected chi connectivity index (χ0v) is 17.9. The number of phenolic OH excluding ortho intramolecular Hbond substituents is 1. The van der Waals surface area contributed by atoms with Crippen molar-refractivity contribution in [3.8, 4) is 11.8 Å². The molecule has 0 radical (unpaired) electrons. The van der Waals surface area contributed by atoms with Crippen LogP contribution in [-0.4, -0.2) is 15.6 Å². The molecule has 0 amide bonds. The maximum absolute atomic E-state index is 12.5. The van der Waals surface area contributed by atoms with Gasteiger partial charge in [-0.15, -0.1) is 0 Å². The third kappa shape index (κ3) is 4.86. The van der Waals surface area contributed by atoms with E-state index in [9.17, 15) is 20.0 Å². The predicted molar refractivity (Wildman–Crippen MR) is 116 cm³/mol. The van der Waals surface area contributed by atoms with Gasteiger partial charge in [0, 0.05) is 41.0 Å². The first-order chi connectivity index (χ1) is 14.7. The number of carbonyl (C=O) groups excluding carboxylic acids is 1. The van der Waals surface area contributed by atoms with Crippen molar-refractivity contribution < 1.29 is 19.1 Å². The number of benzene rings is 1. The van der Waals surface area contributed by atoms with Crippen LogP contribution < -0.4 is 5.63 Å². The van der Waals surface area contributed by atoms with Crippen molar-refractivity contribution >= 4 is 23.0 Å². The van der Waals surface area contributed by atoms with Gasteiger partial charge in [0.05, 0.1) is 0 Å². The lowest BCUT2D eigenvalue weighted by Crippen LogP contribution is -2.09. The second kappa shape index (κ2) is 8.92. The third-order valence-corrected chi connectivity index (χ3v) is 4.97. The van der Waals surface area contributed by atoms with Crippen molar-refractivity contribution in [2.75, 3.05) is 0 Å². The van der Waals surface area contributed by atoms with Gasteiger partial charge < -0.3 is 18.8 Å². The molecule has 2 aromatic heterocycles. The summed E-state index contributed by atoms with van der Waals surface area (Å²) in [5.41, 5.74) is 2.66. The van der Waals surface area contributed by atoms with Gasteiger partial charge in [0.15, 0.2) is 0 Å². The Hall–Kier alpha value is -3.79. The first kappa shape index (κ1) is 21.9. The fourth-order valence-electron chi connectivity index (χ4n) is 3.47. The number of esters is 1. The highest BCUT2D eigenvalue weighted by Gasteiger charge is 2.16. The lowest BCUT2D eigenvalue weighted by atomic mass is 10.1. The summed E-state index contributed by atoms with van der Waals surface area (Å²) in [7, 11) is 0. The van der Waals surface area contributed by atoms with E-state index in [0.29, 0.717) is 16.9 Å². The van der Waals surface area contributed by atoms with Crippen molar-refractivity contribution in [2.45, 2.75) is 40.8 Å². The van der Waals surface area contributed by atoms with Crippen LogP contribution in [-0.2, 0) is 22.7 Å². The van der Waals surface area contributed by atoms with E-state index in [0.717, 1.165) is 23.5 Å². The molecule has 0 saturated carbocycles. The number of carbonyl (C=O) groups is 1. The molecule has 160 valence electrons. The molecule has 0 unspecified atom stereocenters. The first-order valence-corrected chi connectivity index (χ1v) is 9.91. The molecule has 1 aromatic carbocycles. The molecule has 0 aliphatic carbocycles. The van der Waals surface area contributed by atoms with Crippen LogP contribution in [0.15, 0.2) is 45.1 Å². The summed E-state index contributed by atoms with van der Waals surface area (Å²) in [5, 5.41) is 19.6. The lowest BCUT2D eigenvalue weighted by molar-refractivity contribution is -0.139. The average molecular weight is 420 g/mol. The van der Waals surface area contributed by atoms with Crippen molar-refractivity contribution in [1.29, 1.82) is 5.26 Å². The molecular weight excluding hydrogens is 396 g/mol. The second-order valence-corrected chi connectivity index (χ2v) is 7.85. The molecule has 0 aliphatic rings. The van der Waals surface area contributed by atoms with Gasteiger partial charge in [-0.05, 0) is 49.6 Å². The molecule has 0 atom stereocenters. The van der Waals surface area contributed by atoms with Crippen LogP contribution in [0.1, 0.15) is 36.4 Å². The van der Waals surface area contributed by atoms with Gasteiger partial charge in [-0.3, -0.25) is 0 Å². The van der Waals surface area contributed by atoms with E-state index in [1.165, 1.54) is 24.3 Å². The van der Waals surface area contributed by atoms with E-state index in [4.69, 9.17) is 9.15 Å². The number of nitrogens with zero attached hydrogens (tertiary/aromatic N) is 2. The van der Waals surface area contributed by atoms with Crippen LogP contribution in [0.5, 0.6) is 5.75 Å². The highest BCUT2D eigenvalue weighted by Crippen LogP contribution is 2.23. The van der Waals surface area contributed by atoms with Gasteiger partial charge in [0.2, 0.25) is 0 Å². The van der Waals surface area contributed by atoms with Crippen molar-refractivity contribution in [3.05, 3.63) is 68.8 Å². The fraction of sp³-hybridized carbons (Fsp3) is 0.292. The molecule has 0 aliphatic heterocycles. The number of aromatic hydroxyl groups is 1. The Labute approximate surface area is 179 Å². The third-order valence-electron chi connectivity index (χ3n) is 4.97. The zero-order chi connectivity index (χ0) is 22.7. The number of nitriles is 1. The molecule has 0 bridgehead atoms. The largest absolute Gasteiger partial charge is 0.508 e. The number of hydrogen-bond acceptors (Lipinski definition) is 6. The molecule has 0 saturated heterocycles. The molecule has 7 heteroatoms. The molecule has 0 fully saturated rings. The van der Waals surface area contributed by atoms with E-state index >= 15 is 0 Å². The maximum Gasteiger partial charge on any atom is 0.349 e. The summed E-state index contributed by atoms with van der Waals surface area (Å²) in [6, 6.07) is 9.39. The van der Waals surface area contributed by atoms with Crippen LogP contribution in [0.3, 0.4) is 0 Å². The van der Waals surface area contributed by atoms with Crippen molar-refractivity contribution in [1.82, 2.24) is 4.57 Å². The number of fused-ring (bicyclic) bond motifs is 1. The zero-order valence-electron chi connectivity index (χ0n) is 17.9. The predicted octanol–water partition coefficient (Wildman–Crippen LogP) is 4.22. The Morgan fingerprint density at radius 1 is 1.29 bits per heavy atom. The molecule has 0 spiro atoms. The van der Waals surface area contributed by atoms with Crippen LogP contribution in [0.25, 0.3) is 17.0 Å². The number of aromatic nitrogens is 1. The molecule has 7 nitrogen and oxygen atoms in total. The molecular formula is C24H24N2O5. The van der Waals surface area contributed by atoms with Crippen LogP contribution in [0.2, 0.25) is 0 Å². The standard InChI is InChI=1S/C24H24N2O5/c1-14(2)12-26-15(3)7-17(16(26)4)8-18(11-25)24(29)30-13-19-9-23(28)31-22-10-20(27)5-6-21(19)22/h5-10,14,27H,12-13H2,1-4H3. The highest BCUT2D eigenvalue weighted by atomic mass is 16.5. The van der Waals surface area contributed by atoms with E-state index < -0.39 is 11.6 Å². The van der Waals surface area contributed by atoms with Crippen LogP contribution in [0.4, 0.5) is 0 Å². The summed E-state index contributed by atoms with van der Waals surface area (Å²) in [4.78, 5) is 24.3. The van der Waals surface area contributed by atoms with Gasteiger partial charge in [0.25, 0.3) is 0 Å². The monoisotopic (exact) mass is 420 g/mol. The number of phenols is 1. The van der Waals surface area contributed by atoms with E-state index in [2.05, 4.69) is 18.4 Å². The second-order valence-electron chi connectivity index (χ2n) is 7.85. The number of rotatable bonds is 6. The average Bonchev–Trinajstić information content (AvgIpc) is 2.96. The topological polar surface area (TPSA) is 105 Å². The summed E-state index contributed by atoms with van der Waals surface area (Å²) in [6.07, 6.45) is 1.52. The molecule has 3 rings (SSSR count). The Morgan fingerprint density at radius 2 is 2.03 bits per heavy atom. The van der Waals surface area contributed by atoms with E-state index in [-0.39, 0.29) is 23.5 Å². The minimum atomic E-state index is -0.781. The highest BCUT2D eigenvalue weighted by molar-refractivity contribution is 5.98. The van der Waals surface area contributed by atoms with Crippen LogP contribution >= 0.6 is 0 Å². The van der Waals surface area contributed by atoms with Gasteiger partial charge in [-0.25, -0.2) is 9.59 Å². The van der Waals surface area contributed by atoms with Gasteiger partial charge in [-0.2, -0.15) is 5.26 Å². The number of aryl methyl sites for hydroxylation is 1. The van der Waals surface area contributed by atoms with E-state index in [1.54, 1.807) is 6.07 Å². The SMILES string of the molecule is Cc1cc(C=C(C#N)C(=O)OCc2cc(=O)oc3cc(O)ccc23)c(C)n1CC(C)C. The fourth-order valence-corrected chi connectivity index (χ4v) is 3.47. The molecule has 2 heterocycles. The van der Waals surface area contributed by atoms with Gasteiger partial charge >= 0.3 is 11.6 Å². The Morgan fingerprint density at radius 3 is 2.71 bits per heavy atom. The summed E-state index contributed by atoms with van der Waals surface area (Å²) in [5.74, 6) is -0.367. The van der Waals surface area contributed by atoms with E-state index in [1.807, 2.05) is 26.0 Å². The minimum Gasteiger partial charge on any atom is -0.508 e. The minimum absolute atomic E-state index is 0.0467. The number of ether oxygens (including phenoxy) is 1. The van der Waals surface area contributed by atoms with Gasteiger partial charge in [-0.1, -0.05) is 13.8 Å². The molecule has 1 N–H and O–H groups in total.